The number of hydrogen-bond donors (Lipinski definition) is 1. The average molecular weight is 245 g/mol. The average Bonchev–Trinajstić information content (AvgIpc) is 2.58. The molecule has 0 saturated carbocycles. The zero-order chi connectivity index (χ0) is 8.97. The van der Waals surface area contributed by atoms with Crippen molar-refractivity contribution in [3.05, 3.63) is 0 Å². The molecule has 2 N–H and O–H groups in total. The lowest BCUT2D eigenvalue weighted by molar-refractivity contribution is -0.146. The van der Waals surface area contributed by atoms with Gasteiger partial charge in [-0.25, -0.2) is 0 Å². The van der Waals surface area contributed by atoms with Gasteiger partial charge in [-0.2, -0.15) is 0 Å². The smallest absolute Gasteiger partial charge is 0.324 e. The van der Waals surface area contributed by atoms with Crippen molar-refractivity contribution >= 4 is 30.8 Å². The van der Waals surface area contributed by atoms with E-state index < -0.39 is 0 Å². The highest BCUT2D eigenvalue weighted by molar-refractivity contribution is 5.85. The lowest BCUT2D eigenvalue weighted by Crippen LogP contribution is -2.45. The van der Waals surface area contributed by atoms with Crippen LogP contribution in [0.5, 0.6) is 0 Å². The van der Waals surface area contributed by atoms with Crippen molar-refractivity contribution in [3.63, 3.8) is 0 Å². The molecular formula is C8H18Cl2N2O2. The quantitative estimate of drug-likeness (QED) is 0.732. The minimum atomic E-state index is -0.225. The van der Waals surface area contributed by atoms with Crippen LogP contribution in [-0.4, -0.2) is 43.7 Å². The Labute approximate surface area is 97.0 Å². The normalized spacial score (nSPS) is 17.9. The topological polar surface area (TPSA) is 55.6 Å². The second kappa shape index (κ2) is 8.29. The fourth-order valence-corrected chi connectivity index (χ4v) is 1.58. The Kier molecular flexibility index (Phi) is 9.72. The first kappa shape index (κ1) is 16.4. The van der Waals surface area contributed by atoms with Crippen LogP contribution < -0.4 is 5.73 Å². The fourth-order valence-electron chi connectivity index (χ4n) is 1.58. The summed E-state index contributed by atoms with van der Waals surface area (Å²) in [5.74, 6) is -0.209. The highest BCUT2D eigenvalue weighted by atomic mass is 35.5. The second-order valence-corrected chi connectivity index (χ2v) is 3.02. The highest BCUT2D eigenvalue weighted by Crippen LogP contribution is 2.11. The molecular weight excluding hydrogens is 227 g/mol. The van der Waals surface area contributed by atoms with E-state index in [0.717, 1.165) is 25.9 Å². The summed E-state index contributed by atoms with van der Waals surface area (Å²) in [6.45, 7) is 2.29. The number of carbonyl (C=O) groups is 1. The number of nitrogens with zero attached hydrogens (tertiary/aromatic N) is 1. The molecule has 1 fully saturated rings. The van der Waals surface area contributed by atoms with Gasteiger partial charge in [-0.15, -0.1) is 24.8 Å². The van der Waals surface area contributed by atoms with E-state index in [2.05, 4.69) is 9.64 Å². The molecule has 0 bridgehead atoms. The third-order valence-corrected chi connectivity index (χ3v) is 2.28. The third kappa shape index (κ3) is 4.00. The molecule has 0 spiro atoms. The molecule has 0 amide bonds. The van der Waals surface area contributed by atoms with Gasteiger partial charge in [-0.3, -0.25) is 9.69 Å². The fraction of sp³-hybridized carbons (Fsp3) is 0.875. The molecule has 0 radical (unpaired) electrons. The Hall–Kier alpha value is -0.0300. The van der Waals surface area contributed by atoms with Crippen LogP contribution in [0.4, 0.5) is 0 Å². The van der Waals surface area contributed by atoms with Gasteiger partial charge >= 0.3 is 5.97 Å². The predicted molar refractivity (Wildman–Crippen MR) is 60.2 cm³/mol. The van der Waals surface area contributed by atoms with Crippen LogP contribution in [0.3, 0.4) is 0 Å². The maximum Gasteiger partial charge on any atom is 0.324 e. The number of nitrogens with two attached hydrogens (primary N) is 1. The van der Waals surface area contributed by atoms with Gasteiger partial charge in [0.25, 0.3) is 0 Å². The molecule has 1 aliphatic rings. The van der Waals surface area contributed by atoms with E-state index >= 15 is 0 Å². The summed E-state index contributed by atoms with van der Waals surface area (Å²) in [5, 5.41) is 0. The molecule has 1 atom stereocenters. The minimum Gasteiger partial charge on any atom is -0.468 e. The molecule has 1 heterocycles. The summed E-state index contributed by atoms with van der Waals surface area (Å²) >= 11 is 0. The molecule has 0 unspecified atom stereocenters. The summed E-state index contributed by atoms with van der Waals surface area (Å²) in [6.07, 6.45) is 2.32. The first-order chi connectivity index (χ1) is 5.79. The van der Waals surface area contributed by atoms with Crippen LogP contribution in [0.15, 0.2) is 0 Å². The van der Waals surface area contributed by atoms with Crippen molar-refractivity contribution in [1.29, 1.82) is 0 Å². The van der Waals surface area contributed by atoms with Crippen molar-refractivity contribution in [1.82, 2.24) is 4.90 Å². The number of esters is 1. The van der Waals surface area contributed by atoms with Gasteiger partial charge in [0.15, 0.2) is 0 Å². The Morgan fingerprint density at radius 1 is 1.43 bits per heavy atom. The van der Waals surface area contributed by atoms with Crippen LogP contribution in [-0.2, 0) is 9.53 Å². The van der Waals surface area contributed by atoms with Gasteiger partial charge in [0, 0.05) is 6.54 Å². The first-order valence-corrected chi connectivity index (χ1v) is 4.31. The first-order valence-electron chi connectivity index (χ1n) is 4.31. The lowest BCUT2D eigenvalue weighted by Gasteiger charge is -2.23. The molecule has 86 valence electrons. The summed E-state index contributed by atoms with van der Waals surface area (Å²) in [6, 6.07) is -0.225. The van der Waals surface area contributed by atoms with Gasteiger partial charge in [0.2, 0.25) is 0 Å². The zero-order valence-corrected chi connectivity index (χ0v) is 9.90. The Morgan fingerprint density at radius 3 is 2.29 bits per heavy atom. The maximum absolute atomic E-state index is 11.2. The van der Waals surface area contributed by atoms with E-state index in [-0.39, 0.29) is 36.8 Å². The van der Waals surface area contributed by atoms with Crippen LogP contribution in [0, 0.1) is 0 Å². The van der Waals surface area contributed by atoms with Gasteiger partial charge in [-0.05, 0) is 25.9 Å². The Bertz CT molecular complexity index is 163. The van der Waals surface area contributed by atoms with Gasteiger partial charge in [-0.1, -0.05) is 0 Å². The van der Waals surface area contributed by atoms with Crippen molar-refractivity contribution in [3.8, 4) is 0 Å². The summed E-state index contributed by atoms with van der Waals surface area (Å²) in [4.78, 5) is 13.3. The van der Waals surface area contributed by atoms with E-state index in [9.17, 15) is 4.79 Å². The molecule has 14 heavy (non-hydrogen) atoms. The molecule has 1 aliphatic heterocycles. The van der Waals surface area contributed by atoms with Gasteiger partial charge in [0.05, 0.1) is 7.11 Å². The van der Waals surface area contributed by atoms with E-state index in [0.29, 0.717) is 6.54 Å². The van der Waals surface area contributed by atoms with E-state index in [1.807, 2.05) is 0 Å². The number of halogens is 2. The predicted octanol–water partition coefficient (Wildman–Crippen LogP) is 0.426. The van der Waals surface area contributed by atoms with Gasteiger partial charge < -0.3 is 10.5 Å². The SMILES string of the molecule is COC(=O)[C@H](CN)N1CCCC1.Cl.Cl. The molecule has 1 rings (SSSR count). The van der Waals surface area contributed by atoms with Crippen LogP contribution in [0.2, 0.25) is 0 Å². The molecule has 6 heteroatoms. The Balaban J connectivity index is 0. The minimum absolute atomic E-state index is 0. The van der Waals surface area contributed by atoms with Crippen molar-refractivity contribution in [2.75, 3.05) is 26.7 Å². The van der Waals surface area contributed by atoms with Crippen LogP contribution >= 0.6 is 24.8 Å². The second-order valence-electron chi connectivity index (χ2n) is 3.02. The summed E-state index contributed by atoms with van der Waals surface area (Å²) in [5.41, 5.74) is 5.49. The van der Waals surface area contributed by atoms with Crippen molar-refractivity contribution in [2.24, 2.45) is 5.73 Å². The molecule has 0 aromatic heterocycles. The number of hydrogen-bond acceptors (Lipinski definition) is 4. The maximum atomic E-state index is 11.2. The molecule has 4 nitrogen and oxygen atoms in total. The van der Waals surface area contributed by atoms with E-state index in [1.165, 1.54) is 7.11 Å². The molecule has 0 aliphatic carbocycles. The highest BCUT2D eigenvalue weighted by Gasteiger charge is 2.27. The lowest BCUT2D eigenvalue weighted by atomic mass is 10.2. The number of ether oxygens (including phenoxy) is 1. The molecule has 0 aromatic carbocycles. The third-order valence-electron chi connectivity index (χ3n) is 2.28. The molecule has 0 aromatic rings. The number of methoxy groups -OCH3 is 1. The molecule has 1 saturated heterocycles. The summed E-state index contributed by atoms with van der Waals surface area (Å²) < 4.78 is 4.66. The largest absolute Gasteiger partial charge is 0.468 e. The van der Waals surface area contributed by atoms with Crippen LogP contribution in [0.1, 0.15) is 12.8 Å². The monoisotopic (exact) mass is 244 g/mol. The number of rotatable bonds is 3. The van der Waals surface area contributed by atoms with Crippen molar-refractivity contribution < 1.29 is 9.53 Å². The zero-order valence-electron chi connectivity index (χ0n) is 8.27. The number of likely N-dealkylation sites (tertiary alicyclic amines) is 1. The Morgan fingerprint density at radius 2 is 1.93 bits per heavy atom. The number of carbonyl (C=O) groups excluding carboxylic acids is 1. The summed E-state index contributed by atoms with van der Waals surface area (Å²) in [7, 11) is 1.40. The van der Waals surface area contributed by atoms with Crippen molar-refractivity contribution in [2.45, 2.75) is 18.9 Å². The van der Waals surface area contributed by atoms with Crippen LogP contribution in [0.25, 0.3) is 0 Å². The van der Waals surface area contributed by atoms with E-state index in [1.54, 1.807) is 0 Å². The van der Waals surface area contributed by atoms with Gasteiger partial charge in [0.1, 0.15) is 6.04 Å². The standard InChI is InChI=1S/C8H16N2O2.2ClH/c1-12-8(11)7(6-9)10-4-2-3-5-10;;/h7H,2-6,9H2,1H3;2*1H/t7-;;/m0../s1. The van der Waals surface area contributed by atoms with E-state index in [4.69, 9.17) is 5.73 Å².